The lowest BCUT2D eigenvalue weighted by Gasteiger charge is -2.08. The van der Waals surface area contributed by atoms with E-state index >= 15 is 0 Å². The number of nitrogens with one attached hydrogen (secondary N) is 2. The highest BCUT2D eigenvalue weighted by molar-refractivity contribution is 7.00. The molecule has 2 N–H and O–H groups in total. The Morgan fingerprint density at radius 2 is 2.00 bits per heavy atom. The van der Waals surface area contributed by atoms with Crippen LogP contribution in [0.5, 0.6) is 0 Å². The van der Waals surface area contributed by atoms with Gasteiger partial charge in [-0.1, -0.05) is 11.6 Å². The maximum atomic E-state index is 6.19. The average Bonchev–Trinajstić information content (AvgIpc) is 2.91. The Morgan fingerprint density at radius 1 is 1.16 bits per heavy atom. The Balaban J connectivity index is 2.04. The van der Waals surface area contributed by atoms with Crippen molar-refractivity contribution in [3.63, 3.8) is 0 Å². The van der Waals surface area contributed by atoms with E-state index in [1.807, 2.05) is 6.07 Å². The molecule has 0 saturated carbocycles. The van der Waals surface area contributed by atoms with Crippen molar-refractivity contribution >= 4 is 51.7 Å². The van der Waals surface area contributed by atoms with Crippen LogP contribution in [0, 0.1) is 0 Å². The first-order valence-corrected chi connectivity index (χ1v) is 6.56. The van der Waals surface area contributed by atoms with Gasteiger partial charge in [-0.2, -0.15) is 8.75 Å². The van der Waals surface area contributed by atoms with Gasteiger partial charge in [0.15, 0.2) is 5.82 Å². The monoisotopic (exact) mass is 292 g/mol. The van der Waals surface area contributed by atoms with Gasteiger partial charge in [0.2, 0.25) is 0 Å². The summed E-state index contributed by atoms with van der Waals surface area (Å²) in [5.41, 5.74) is 2.22. The molecule has 3 aromatic rings. The number of halogens is 1. The van der Waals surface area contributed by atoms with Gasteiger partial charge in [0, 0.05) is 7.05 Å². The molecule has 2 heterocycles. The second-order valence-corrected chi connectivity index (χ2v) is 4.65. The van der Waals surface area contributed by atoms with Gasteiger partial charge in [-0.05, 0) is 12.1 Å². The zero-order valence-electron chi connectivity index (χ0n) is 9.88. The predicted octanol–water partition coefficient (Wildman–Crippen LogP) is 2.92. The Morgan fingerprint density at radius 3 is 2.84 bits per heavy atom. The highest BCUT2D eigenvalue weighted by Gasteiger charge is 2.11. The summed E-state index contributed by atoms with van der Waals surface area (Å²) in [6.07, 6.45) is 3.26. The number of hydrogen-bond donors (Lipinski definition) is 2. The van der Waals surface area contributed by atoms with E-state index in [1.165, 1.54) is 0 Å². The fourth-order valence-corrected chi connectivity index (χ4v) is 2.36. The van der Waals surface area contributed by atoms with Crippen molar-refractivity contribution in [1.29, 1.82) is 0 Å². The third-order valence-corrected chi connectivity index (χ3v) is 3.38. The van der Waals surface area contributed by atoms with E-state index in [-0.39, 0.29) is 0 Å². The largest absolute Gasteiger partial charge is 0.372 e. The molecular formula is C11H9ClN6S. The van der Waals surface area contributed by atoms with Gasteiger partial charge in [-0.3, -0.25) is 4.98 Å². The first kappa shape index (κ1) is 12.1. The first-order chi connectivity index (χ1) is 9.28. The summed E-state index contributed by atoms with van der Waals surface area (Å²) in [6, 6.07) is 3.62. The molecule has 3 rings (SSSR count). The molecule has 0 bridgehead atoms. The topological polar surface area (TPSA) is 75.6 Å². The zero-order chi connectivity index (χ0) is 13.2. The number of hydrogen-bond acceptors (Lipinski definition) is 7. The number of benzene rings is 1. The van der Waals surface area contributed by atoms with E-state index in [0.29, 0.717) is 22.3 Å². The summed E-state index contributed by atoms with van der Waals surface area (Å²) in [4.78, 5) is 8.42. The van der Waals surface area contributed by atoms with Crippen molar-refractivity contribution in [1.82, 2.24) is 18.7 Å². The highest BCUT2D eigenvalue weighted by atomic mass is 35.5. The maximum absolute atomic E-state index is 6.19. The minimum atomic E-state index is 0.567. The van der Waals surface area contributed by atoms with Gasteiger partial charge in [0.1, 0.15) is 16.9 Å². The molecule has 0 aliphatic heterocycles. The molecule has 0 fully saturated rings. The average molecular weight is 293 g/mol. The molecule has 0 amide bonds. The molecule has 1 aromatic carbocycles. The standard InChI is InChI=1S/C11H9ClN6S/c1-13-8-4-14-5-9(15-8)16-10-6(12)2-3-7-11(10)18-19-17-7/h2-5H,1H3,(H2,13,15,16). The van der Waals surface area contributed by atoms with Crippen LogP contribution in [0.2, 0.25) is 5.02 Å². The summed E-state index contributed by atoms with van der Waals surface area (Å²) in [5.74, 6) is 1.26. The lowest BCUT2D eigenvalue weighted by atomic mass is 10.2. The number of aromatic nitrogens is 4. The van der Waals surface area contributed by atoms with Crippen molar-refractivity contribution in [2.24, 2.45) is 0 Å². The lowest BCUT2D eigenvalue weighted by molar-refractivity contribution is 1.19. The predicted molar refractivity (Wildman–Crippen MR) is 77.3 cm³/mol. The third kappa shape index (κ3) is 2.29. The SMILES string of the molecule is CNc1cncc(Nc2c(Cl)ccc3nsnc23)n1. The Hall–Kier alpha value is -1.99. The maximum Gasteiger partial charge on any atom is 0.151 e. The van der Waals surface area contributed by atoms with Gasteiger partial charge in [0.25, 0.3) is 0 Å². The van der Waals surface area contributed by atoms with Crippen molar-refractivity contribution in [2.75, 3.05) is 17.7 Å². The van der Waals surface area contributed by atoms with Gasteiger partial charge in [-0.15, -0.1) is 0 Å². The van der Waals surface area contributed by atoms with Crippen LogP contribution >= 0.6 is 23.3 Å². The molecule has 0 aliphatic rings. The molecule has 0 aliphatic carbocycles. The minimum absolute atomic E-state index is 0.567. The van der Waals surface area contributed by atoms with Crippen LogP contribution in [-0.4, -0.2) is 25.8 Å². The van der Waals surface area contributed by atoms with E-state index < -0.39 is 0 Å². The number of rotatable bonds is 3. The molecular weight excluding hydrogens is 284 g/mol. The van der Waals surface area contributed by atoms with Crippen molar-refractivity contribution in [3.8, 4) is 0 Å². The van der Waals surface area contributed by atoms with Crippen molar-refractivity contribution < 1.29 is 0 Å². The summed E-state index contributed by atoms with van der Waals surface area (Å²) in [6.45, 7) is 0. The number of anilines is 3. The first-order valence-electron chi connectivity index (χ1n) is 5.45. The van der Waals surface area contributed by atoms with Gasteiger partial charge < -0.3 is 10.6 Å². The van der Waals surface area contributed by atoms with Gasteiger partial charge in [-0.25, -0.2) is 4.98 Å². The van der Waals surface area contributed by atoms with E-state index in [2.05, 4.69) is 29.3 Å². The summed E-state index contributed by atoms with van der Waals surface area (Å²) >= 11 is 7.34. The van der Waals surface area contributed by atoms with Crippen LogP contribution in [0.3, 0.4) is 0 Å². The quantitative estimate of drug-likeness (QED) is 0.773. The molecule has 19 heavy (non-hydrogen) atoms. The van der Waals surface area contributed by atoms with Crippen LogP contribution in [0.1, 0.15) is 0 Å². The molecule has 0 saturated heterocycles. The summed E-state index contributed by atoms with van der Waals surface area (Å²) in [5, 5.41) is 6.63. The van der Waals surface area contributed by atoms with Crippen LogP contribution in [-0.2, 0) is 0 Å². The van der Waals surface area contributed by atoms with Gasteiger partial charge >= 0.3 is 0 Å². The Kier molecular flexibility index (Phi) is 3.14. The van der Waals surface area contributed by atoms with E-state index in [0.717, 1.165) is 22.8 Å². The second kappa shape index (κ2) is 4.94. The summed E-state index contributed by atoms with van der Waals surface area (Å²) < 4.78 is 8.42. The van der Waals surface area contributed by atoms with Crippen molar-refractivity contribution in [3.05, 3.63) is 29.5 Å². The van der Waals surface area contributed by atoms with E-state index in [9.17, 15) is 0 Å². The zero-order valence-corrected chi connectivity index (χ0v) is 11.5. The molecule has 96 valence electrons. The molecule has 0 spiro atoms. The van der Waals surface area contributed by atoms with E-state index in [4.69, 9.17) is 11.6 Å². The molecule has 2 aromatic heterocycles. The molecule has 0 radical (unpaired) electrons. The Bertz CT molecular complexity index is 728. The second-order valence-electron chi connectivity index (χ2n) is 3.72. The molecule has 6 nitrogen and oxygen atoms in total. The highest BCUT2D eigenvalue weighted by Crippen LogP contribution is 2.31. The molecule has 8 heteroatoms. The minimum Gasteiger partial charge on any atom is -0.372 e. The fraction of sp³-hybridized carbons (Fsp3) is 0.0909. The van der Waals surface area contributed by atoms with E-state index in [1.54, 1.807) is 25.5 Å². The van der Waals surface area contributed by atoms with Gasteiger partial charge in [0.05, 0.1) is 34.8 Å². The number of nitrogens with zero attached hydrogens (tertiary/aromatic N) is 4. The Labute approximate surface area is 118 Å². The molecule has 0 unspecified atom stereocenters. The van der Waals surface area contributed by atoms with Crippen LogP contribution < -0.4 is 10.6 Å². The normalized spacial score (nSPS) is 10.6. The lowest BCUT2D eigenvalue weighted by Crippen LogP contribution is -1.99. The third-order valence-electron chi connectivity index (χ3n) is 2.52. The van der Waals surface area contributed by atoms with Crippen molar-refractivity contribution in [2.45, 2.75) is 0 Å². The van der Waals surface area contributed by atoms with Crippen LogP contribution in [0.15, 0.2) is 24.5 Å². The smallest absolute Gasteiger partial charge is 0.151 e. The summed E-state index contributed by atoms with van der Waals surface area (Å²) in [7, 11) is 1.78. The number of fused-ring (bicyclic) bond motifs is 1. The van der Waals surface area contributed by atoms with Crippen LogP contribution in [0.4, 0.5) is 17.3 Å². The fourth-order valence-electron chi connectivity index (χ4n) is 1.62. The molecule has 0 atom stereocenters. The van der Waals surface area contributed by atoms with Crippen LogP contribution in [0.25, 0.3) is 11.0 Å².